The zero-order valence-electron chi connectivity index (χ0n) is 8.66. The topological polar surface area (TPSA) is 38.7 Å². The second-order valence-corrected chi connectivity index (χ2v) is 3.62. The minimum atomic E-state index is 0.0146. The van der Waals surface area contributed by atoms with Gasteiger partial charge in [-0.2, -0.15) is 0 Å². The van der Waals surface area contributed by atoms with Crippen molar-refractivity contribution in [1.82, 2.24) is 0 Å². The van der Waals surface area contributed by atoms with E-state index in [9.17, 15) is 0 Å². The Kier molecular flexibility index (Phi) is 4.65. The first-order chi connectivity index (χ1) is 7.22. The molecule has 15 heavy (non-hydrogen) atoms. The fourth-order valence-electron chi connectivity index (χ4n) is 1.17. The predicted molar refractivity (Wildman–Crippen MR) is 63.4 cm³/mol. The average Bonchev–Trinajstić information content (AvgIpc) is 2.27. The number of benzene rings is 1. The van der Waals surface area contributed by atoms with Crippen LogP contribution < -0.4 is 9.47 Å². The number of hydrogen-bond donors (Lipinski definition) is 1. The van der Waals surface area contributed by atoms with Crippen molar-refractivity contribution < 1.29 is 14.6 Å². The van der Waals surface area contributed by atoms with Gasteiger partial charge in [-0.3, -0.25) is 0 Å². The molecule has 4 heteroatoms. The van der Waals surface area contributed by atoms with Crippen LogP contribution >= 0.6 is 15.9 Å². The normalized spacial score (nSPS) is 10.7. The van der Waals surface area contributed by atoms with Gasteiger partial charge in [0.25, 0.3) is 0 Å². The van der Waals surface area contributed by atoms with Crippen molar-refractivity contribution in [3.05, 3.63) is 28.2 Å². The Bertz CT molecular complexity index is 336. The molecule has 0 atom stereocenters. The summed E-state index contributed by atoms with van der Waals surface area (Å²) >= 11 is 3.38. The van der Waals surface area contributed by atoms with Gasteiger partial charge >= 0.3 is 0 Å². The maximum absolute atomic E-state index is 8.68. The van der Waals surface area contributed by atoms with Crippen LogP contribution in [0.3, 0.4) is 0 Å². The van der Waals surface area contributed by atoms with Crippen LogP contribution in [-0.4, -0.2) is 25.9 Å². The number of methoxy groups -OCH3 is 2. The van der Waals surface area contributed by atoms with Crippen molar-refractivity contribution >= 4 is 22.0 Å². The summed E-state index contributed by atoms with van der Waals surface area (Å²) in [5.74, 6) is 1.40. The highest BCUT2D eigenvalue weighted by molar-refractivity contribution is 9.10. The van der Waals surface area contributed by atoms with E-state index in [4.69, 9.17) is 14.6 Å². The molecule has 0 spiro atoms. The van der Waals surface area contributed by atoms with Gasteiger partial charge in [0.05, 0.1) is 20.8 Å². The van der Waals surface area contributed by atoms with Crippen LogP contribution in [0.25, 0.3) is 6.08 Å². The Balaban J connectivity index is 3.14. The fourth-order valence-corrected chi connectivity index (χ4v) is 1.73. The van der Waals surface area contributed by atoms with Crippen molar-refractivity contribution in [3.8, 4) is 11.5 Å². The molecule has 0 radical (unpaired) electrons. The summed E-state index contributed by atoms with van der Waals surface area (Å²) in [6.07, 6.45) is 3.46. The number of halogens is 1. The molecular formula is C11H13BrO3. The molecule has 0 aliphatic heterocycles. The number of aliphatic hydroxyl groups is 1. The summed E-state index contributed by atoms with van der Waals surface area (Å²) in [5, 5.41) is 8.68. The highest BCUT2D eigenvalue weighted by Crippen LogP contribution is 2.35. The molecule has 0 aromatic heterocycles. The van der Waals surface area contributed by atoms with Gasteiger partial charge in [0.1, 0.15) is 16.0 Å². The minimum Gasteiger partial charge on any atom is -0.495 e. The van der Waals surface area contributed by atoms with Crippen LogP contribution in [-0.2, 0) is 0 Å². The summed E-state index contributed by atoms with van der Waals surface area (Å²) in [6, 6.07) is 3.72. The first kappa shape index (κ1) is 12.1. The number of hydrogen-bond acceptors (Lipinski definition) is 3. The van der Waals surface area contributed by atoms with E-state index in [2.05, 4.69) is 15.9 Å². The minimum absolute atomic E-state index is 0.0146. The summed E-state index contributed by atoms with van der Waals surface area (Å²) in [5.41, 5.74) is 0.918. The summed E-state index contributed by atoms with van der Waals surface area (Å²) < 4.78 is 11.2. The van der Waals surface area contributed by atoms with E-state index in [1.165, 1.54) is 0 Å². The van der Waals surface area contributed by atoms with Gasteiger partial charge in [-0.1, -0.05) is 12.2 Å². The van der Waals surface area contributed by atoms with E-state index in [0.29, 0.717) is 11.5 Å². The quantitative estimate of drug-likeness (QED) is 0.915. The molecule has 0 bridgehead atoms. The molecule has 1 aromatic carbocycles. The molecule has 0 amide bonds. The molecule has 82 valence electrons. The molecule has 0 fully saturated rings. The Morgan fingerprint density at radius 3 is 2.20 bits per heavy atom. The van der Waals surface area contributed by atoms with Crippen molar-refractivity contribution in [2.24, 2.45) is 0 Å². The fraction of sp³-hybridized carbons (Fsp3) is 0.273. The van der Waals surface area contributed by atoms with E-state index in [0.717, 1.165) is 10.0 Å². The predicted octanol–water partition coefficient (Wildman–Crippen LogP) is 2.47. The molecule has 1 N–H and O–H groups in total. The largest absolute Gasteiger partial charge is 0.495 e. The first-order valence-corrected chi connectivity index (χ1v) is 5.21. The number of rotatable bonds is 4. The highest BCUT2D eigenvalue weighted by Gasteiger charge is 2.08. The van der Waals surface area contributed by atoms with E-state index in [-0.39, 0.29) is 6.61 Å². The molecule has 3 nitrogen and oxygen atoms in total. The van der Waals surface area contributed by atoms with Crippen molar-refractivity contribution in [2.75, 3.05) is 20.8 Å². The molecule has 0 aliphatic rings. The van der Waals surface area contributed by atoms with Gasteiger partial charge in [0.2, 0.25) is 0 Å². The van der Waals surface area contributed by atoms with Gasteiger partial charge < -0.3 is 14.6 Å². The Labute approximate surface area is 97.5 Å². The zero-order chi connectivity index (χ0) is 11.3. The maximum atomic E-state index is 8.68. The molecule has 0 unspecified atom stereocenters. The third kappa shape index (κ3) is 2.97. The second kappa shape index (κ2) is 5.78. The van der Waals surface area contributed by atoms with Crippen molar-refractivity contribution in [1.29, 1.82) is 0 Å². The first-order valence-electron chi connectivity index (χ1n) is 4.41. The van der Waals surface area contributed by atoms with Gasteiger partial charge in [0, 0.05) is 0 Å². The van der Waals surface area contributed by atoms with Gasteiger partial charge in [-0.05, 0) is 33.6 Å². The van der Waals surface area contributed by atoms with E-state index >= 15 is 0 Å². The summed E-state index contributed by atoms with van der Waals surface area (Å²) in [4.78, 5) is 0. The molecule has 0 aliphatic carbocycles. The van der Waals surface area contributed by atoms with Crippen LogP contribution in [0.15, 0.2) is 22.7 Å². The van der Waals surface area contributed by atoms with Crippen LogP contribution in [0.4, 0.5) is 0 Å². The van der Waals surface area contributed by atoms with Crippen molar-refractivity contribution in [2.45, 2.75) is 0 Å². The standard InChI is InChI=1S/C11H13BrO3/c1-14-9-6-8(4-3-5-13)7-10(15-2)11(9)12/h3-4,6-7,13H,5H2,1-2H3/b4-3+. The lowest BCUT2D eigenvalue weighted by atomic mass is 10.2. The van der Waals surface area contributed by atoms with Crippen LogP contribution in [0.1, 0.15) is 5.56 Å². The Morgan fingerprint density at radius 1 is 1.27 bits per heavy atom. The lowest BCUT2D eigenvalue weighted by Crippen LogP contribution is -1.91. The summed E-state index contributed by atoms with van der Waals surface area (Å²) in [6.45, 7) is 0.0146. The molecule has 0 saturated heterocycles. The van der Waals surface area contributed by atoms with Crippen LogP contribution in [0, 0.1) is 0 Å². The van der Waals surface area contributed by atoms with Gasteiger partial charge in [0.15, 0.2) is 0 Å². The third-order valence-electron chi connectivity index (χ3n) is 1.88. The average molecular weight is 273 g/mol. The molecule has 1 rings (SSSR count). The number of ether oxygens (including phenoxy) is 2. The number of aliphatic hydroxyl groups excluding tert-OH is 1. The van der Waals surface area contributed by atoms with E-state index < -0.39 is 0 Å². The lowest BCUT2D eigenvalue weighted by molar-refractivity contribution is 0.343. The Morgan fingerprint density at radius 2 is 1.80 bits per heavy atom. The SMILES string of the molecule is COc1cc(/C=C/CO)cc(OC)c1Br. The molecule has 0 heterocycles. The van der Waals surface area contributed by atoms with Crippen LogP contribution in [0.2, 0.25) is 0 Å². The Hall–Kier alpha value is -1.00. The molecule has 0 saturated carbocycles. The molecule has 1 aromatic rings. The third-order valence-corrected chi connectivity index (χ3v) is 2.67. The zero-order valence-corrected chi connectivity index (χ0v) is 10.2. The lowest BCUT2D eigenvalue weighted by Gasteiger charge is -2.09. The molecular weight excluding hydrogens is 260 g/mol. The van der Waals surface area contributed by atoms with Crippen molar-refractivity contribution in [3.63, 3.8) is 0 Å². The van der Waals surface area contributed by atoms with E-state index in [1.807, 2.05) is 12.1 Å². The highest BCUT2D eigenvalue weighted by atomic mass is 79.9. The second-order valence-electron chi connectivity index (χ2n) is 2.82. The summed E-state index contributed by atoms with van der Waals surface area (Å²) in [7, 11) is 3.19. The van der Waals surface area contributed by atoms with Gasteiger partial charge in [-0.25, -0.2) is 0 Å². The van der Waals surface area contributed by atoms with Gasteiger partial charge in [-0.15, -0.1) is 0 Å². The van der Waals surface area contributed by atoms with Crippen LogP contribution in [0.5, 0.6) is 11.5 Å². The smallest absolute Gasteiger partial charge is 0.137 e. The monoisotopic (exact) mass is 272 g/mol. The van der Waals surface area contributed by atoms with E-state index in [1.54, 1.807) is 26.4 Å². The maximum Gasteiger partial charge on any atom is 0.137 e.